The van der Waals surface area contributed by atoms with Gasteiger partial charge in [0.1, 0.15) is 11.3 Å². The van der Waals surface area contributed by atoms with Crippen LogP contribution >= 0.6 is 0 Å². The van der Waals surface area contributed by atoms with E-state index in [2.05, 4.69) is 26.8 Å². The van der Waals surface area contributed by atoms with Crippen LogP contribution < -0.4 is 10.6 Å². The first-order valence-electron chi connectivity index (χ1n) is 6.38. The third-order valence-corrected chi connectivity index (χ3v) is 2.77. The van der Waals surface area contributed by atoms with Crippen molar-refractivity contribution in [3.05, 3.63) is 24.5 Å². The molecule has 0 aliphatic heterocycles. The highest BCUT2D eigenvalue weighted by molar-refractivity contribution is 5.71. The molecule has 5 heteroatoms. The molecule has 0 saturated heterocycles. The number of anilines is 1. The summed E-state index contributed by atoms with van der Waals surface area (Å²) in [7, 11) is 0. The van der Waals surface area contributed by atoms with Crippen molar-refractivity contribution in [2.24, 2.45) is 5.73 Å². The Balaban J connectivity index is 2.25. The summed E-state index contributed by atoms with van der Waals surface area (Å²) in [5, 5.41) is 0. The predicted molar refractivity (Wildman–Crippen MR) is 73.5 cm³/mol. The molecule has 0 spiro atoms. The average molecular weight is 245 g/mol. The molecule has 0 amide bonds. The second-order valence-corrected chi connectivity index (χ2v) is 4.20. The van der Waals surface area contributed by atoms with Crippen molar-refractivity contribution in [1.82, 2.24) is 15.0 Å². The molecule has 0 fully saturated rings. The predicted octanol–water partition coefficient (Wildman–Crippen LogP) is 1.59. The molecule has 2 heterocycles. The molecule has 0 unspecified atom stereocenters. The fraction of sp³-hybridized carbons (Fsp3) is 0.462. The quantitative estimate of drug-likeness (QED) is 0.837. The molecule has 2 N–H and O–H groups in total. The van der Waals surface area contributed by atoms with Crippen LogP contribution in [0.15, 0.2) is 24.5 Å². The van der Waals surface area contributed by atoms with Crippen LogP contribution in [-0.4, -0.2) is 34.6 Å². The fourth-order valence-corrected chi connectivity index (χ4v) is 1.91. The van der Waals surface area contributed by atoms with Crippen LogP contribution in [-0.2, 0) is 0 Å². The van der Waals surface area contributed by atoms with Gasteiger partial charge in [-0.2, -0.15) is 0 Å². The highest BCUT2D eigenvalue weighted by atomic mass is 15.2. The van der Waals surface area contributed by atoms with Crippen molar-refractivity contribution >= 4 is 17.0 Å². The first-order valence-corrected chi connectivity index (χ1v) is 6.38. The molecule has 0 atom stereocenters. The average Bonchev–Trinajstić information content (AvgIpc) is 2.43. The standard InChI is InChI=1S/C13H19N5/c1-2-9-18(10-3-6-14)12-5-4-11-13(17-12)16-8-7-15-11/h4-5,7-8H,2-3,6,9-10,14H2,1H3. The Morgan fingerprint density at radius 3 is 2.78 bits per heavy atom. The Morgan fingerprint density at radius 1 is 1.17 bits per heavy atom. The van der Waals surface area contributed by atoms with Crippen molar-refractivity contribution in [2.45, 2.75) is 19.8 Å². The second-order valence-electron chi connectivity index (χ2n) is 4.20. The first-order chi connectivity index (χ1) is 8.85. The van der Waals surface area contributed by atoms with Gasteiger partial charge in [-0.25, -0.2) is 9.97 Å². The monoisotopic (exact) mass is 245 g/mol. The summed E-state index contributed by atoms with van der Waals surface area (Å²) in [6, 6.07) is 3.97. The Bertz CT molecular complexity index is 499. The van der Waals surface area contributed by atoms with E-state index in [1.54, 1.807) is 12.4 Å². The van der Waals surface area contributed by atoms with Gasteiger partial charge in [-0.15, -0.1) is 0 Å². The summed E-state index contributed by atoms with van der Waals surface area (Å²) >= 11 is 0. The zero-order chi connectivity index (χ0) is 12.8. The molecule has 0 radical (unpaired) electrons. The number of hydrogen-bond acceptors (Lipinski definition) is 5. The van der Waals surface area contributed by atoms with Gasteiger partial charge in [-0.05, 0) is 31.5 Å². The number of pyridine rings is 1. The number of hydrogen-bond donors (Lipinski definition) is 1. The van der Waals surface area contributed by atoms with Crippen LogP contribution in [0.4, 0.5) is 5.82 Å². The van der Waals surface area contributed by atoms with Crippen molar-refractivity contribution in [1.29, 1.82) is 0 Å². The molecule has 0 aromatic carbocycles. The van der Waals surface area contributed by atoms with Gasteiger partial charge in [0.25, 0.3) is 0 Å². The van der Waals surface area contributed by atoms with E-state index in [0.29, 0.717) is 12.2 Å². The number of fused-ring (bicyclic) bond motifs is 1. The van der Waals surface area contributed by atoms with Crippen LogP contribution in [0, 0.1) is 0 Å². The lowest BCUT2D eigenvalue weighted by molar-refractivity contribution is 0.713. The highest BCUT2D eigenvalue weighted by Crippen LogP contribution is 2.15. The number of aromatic nitrogens is 3. The van der Waals surface area contributed by atoms with Gasteiger partial charge in [0.2, 0.25) is 0 Å². The molecule has 96 valence electrons. The van der Waals surface area contributed by atoms with E-state index in [4.69, 9.17) is 5.73 Å². The zero-order valence-electron chi connectivity index (χ0n) is 10.7. The summed E-state index contributed by atoms with van der Waals surface area (Å²) in [6.07, 6.45) is 5.41. The first kappa shape index (κ1) is 12.7. The summed E-state index contributed by atoms with van der Waals surface area (Å²) < 4.78 is 0. The van der Waals surface area contributed by atoms with E-state index in [1.807, 2.05) is 12.1 Å². The molecular formula is C13H19N5. The normalized spacial score (nSPS) is 10.8. The Labute approximate surface area is 107 Å². The van der Waals surface area contributed by atoms with Crippen molar-refractivity contribution < 1.29 is 0 Å². The maximum absolute atomic E-state index is 5.57. The van der Waals surface area contributed by atoms with Gasteiger partial charge < -0.3 is 10.6 Å². The molecule has 0 aliphatic carbocycles. The van der Waals surface area contributed by atoms with Crippen molar-refractivity contribution in [3.8, 4) is 0 Å². The Kier molecular flexibility index (Phi) is 4.41. The topological polar surface area (TPSA) is 67.9 Å². The van der Waals surface area contributed by atoms with E-state index in [9.17, 15) is 0 Å². The second kappa shape index (κ2) is 6.26. The van der Waals surface area contributed by atoms with Crippen molar-refractivity contribution in [2.75, 3.05) is 24.5 Å². The van der Waals surface area contributed by atoms with E-state index in [0.717, 1.165) is 37.3 Å². The third-order valence-electron chi connectivity index (χ3n) is 2.77. The summed E-state index contributed by atoms with van der Waals surface area (Å²) in [6.45, 7) is 4.78. The Morgan fingerprint density at radius 2 is 2.00 bits per heavy atom. The lowest BCUT2D eigenvalue weighted by Gasteiger charge is -2.22. The number of nitrogens with two attached hydrogens (primary N) is 1. The molecule has 0 aliphatic rings. The smallest absolute Gasteiger partial charge is 0.180 e. The van der Waals surface area contributed by atoms with Crippen LogP contribution in [0.1, 0.15) is 19.8 Å². The SMILES string of the molecule is CCCN(CCCN)c1ccc2nccnc2n1. The van der Waals surface area contributed by atoms with Gasteiger partial charge in [-0.3, -0.25) is 4.98 Å². The van der Waals surface area contributed by atoms with Gasteiger partial charge in [0.05, 0.1) is 0 Å². The minimum Gasteiger partial charge on any atom is -0.357 e. The fourth-order valence-electron chi connectivity index (χ4n) is 1.91. The molecule has 2 rings (SSSR count). The van der Waals surface area contributed by atoms with E-state index < -0.39 is 0 Å². The summed E-state index contributed by atoms with van der Waals surface area (Å²) in [4.78, 5) is 15.3. The van der Waals surface area contributed by atoms with Gasteiger partial charge in [-0.1, -0.05) is 6.92 Å². The lowest BCUT2D eigenvalue weighted by atomic mass is 10.3. The van der Waals surface area contributed by atoms with Crippen LogP contribution in [0.2, 0.25) is 0 Å². The number of nitrogens with zero attached hydrogens (tertiary/aromatic N) is 4. The minimum atomic E-state index is 0.698. The minimum absolute atomic E-state index is 0.698. The van der Waals surface area contributed by atoms with Gasteiger partial charge in [0, 0.05) is 25.5 Å². The van der Waals surface area contributed by atoms with E-state index >= 15 is 0 Å². The molecule has 2 aromatic rings. The highest BCUT2D eigenvalue weighted by Gasteiger charge is 2.07. The van der Waals surface area contributed by atoms with Crippen LogP contribution in [0.5, 0.6) is 0 Å². The lowest BCUT2D eigenvalue weighted by Crippen LogP contribution is -2.27. The third kappa shape index (κ3) is 2.92. The zero-order valence-corrected chi connectivity index (χ0v) is 10.7. The van der Waals surface area contributed by atoms with E-state index in [1.165, 1.54) is 0 Å². The maximum atomic E-state index is 5.57. The largest absolute Gasteiger partial charge is 0.357 e. The van der Waals surface area contributed by atoms with Crippen LogP contribution in [0.3, 0.4) is 0 Å². The molecule has 0 bridgehead atoms. The molecular weight excluding hydrogens is 226 g/mol. The maximum Gasteiger partial charge on any atom is 0.180 e. The van der Waals surface area contributed by atoms with Crippen molar-refractivity contribution in [3.63, 3.8) is 0 Å². The Hall–Kier alpha value is -1.75. The van der Waals surface area contributed by atoms with Gasteiger partial charge in [0.15, 0.2) is 5.65 Å². The molecule has 0 saturated carbocycles. The molecule has 2 aromatic heterocycles. The number of rotatable bonds is 6. The summed E-state index contributed by atoms with van der Waals surface area (Å²) in [5.41, 5.74) is 7.10. The molecule has 5 nitrogen and oxygen atoms in total. The molecule has 18 heavy (non-hydrogen) atoms. The summed E-state index contributed by atoms with van der Waals surface area (Å²) in [5.74, 6) is 0.957. The van der Waals surface area contributed by atoms with E-state index in [-0.39, 0.29) is 0 Å². The van der Waals surface area contributed by atoms with Crippen LogP contribution in [0.25, 0.3) is 11.2 Å². The van der Waals surface area contributed by atoms with Gasteiger partial charge >= 0.3 is 0 Å².